The number of amides is 4. The third kappa shape index (κ3) is 2.16. The molecule has 1 heterocycles. The van der Waals surface area contributed by atoms with Crippen LogP contribution < -0.4 is 33.2 Å². The van der Waals surface area contributed by atoms with Crippen molar-refractivity contribution < 1.29 is 23.9 Å². The number of nitrogens with zero attached hydrogens (tertiary/aromatic N) is 2. The Kier molecular flexibility index (Phi) is 3.39. The molecule has 0 aliphatic heterocycles. The maximum atomic E-state index is 10.9. The Hall–Kier alpha value is -2.79. The average Bonchev–Trinajstić information content (AvgIpc) is 2.70. The number of carbonyl (C=O) groups is 3. The van der Waals surface area contributed by atoms with Crippen LogP contribution in [-0.2, 0) is 0 Å². The first-order valence-corrected chi connectivity index (χ1v) is 4.30. The lowest BCUT2D eigenvalue weighted by molar-refractivity contribution is 0.0663. The maximum Gasteiger partial charge on any atom is 0.374 e. The second kappa shape index (κ2) is 4.60. The summed E-state index contributed by atoms with van der Waals surface area (Å²) in [6, 6.07) is -2.30. The van der Waals surface area contributed by atoms with Crippen molar-refractivity contribution in [3.05, 3.63) is 12.0 Å². The number of urea groups is 2. The van der Waals surface area contributed by atoms with Crippen molar-refractivity contribution in [2.24, 2.45) is 23.2 Å². The summed E-state index contributed by atoms with van der Waals surface area (Å²) in [6.07, 6.45) is 0.798. The van der Waals surface area contributed by atoms with Crippen LogP contribution >= 0.6 is 0 Å². The van der Waals surface area contributed by atoms with E-state index in [4.69, 9.17) is 28.3 Å². The third-order valence-corrected chi connectivity index (χ3v) is 1.92. The molecule has 18 heavy (non-hydrogen) atoms. The van der Waals surface area contributed by atoms with Gasteiger partial charge >= 0.3 is 18.0 Å². The van der Waals surface area contributed by atoms with Crippen LogP contribution in [0.5, 0.6) is 0 Å². The number of hydrogen-bond acceptors (Lipinski definition) is 6. The van der Waals surface area contributed by atoms with Crippen LogP contribution in [0.1, 0.15) is 10.6 Å². The Morgan fingerprint density at radius 3 is 2.00 bits per heavy atom. The van der Waals surface area contributed by atoms with Gasteiger partial charge in [-0.25, -0.2) is 36.1 Å². The summed E-state index contributed by atoms with van der Waals surface area (Å²) in [7, 11) is 0. The monoisotopic (exact) mass is 258 g/mol. The van der Waals surface area contributed by atoms with Gasteiger partial charge in [-0.2, -0.15) is 0 Å². The molecule has 11 nitrogen and oxygen atoms in total. The minimum absolute atomic E-state index is 0.269. The van der Waals surface area contributed by atoms with Crippen molar-refractivity contribution in [1.29, 1.82) is 0 Å². The second-order valence-corrected chi connectivity index (χ2v) is 3.02. The number of nitrogens with two attached hydrogens (primary N) is 4. The molecule has 1 rings (SSSR count). The van der Waals surface area contributed by atoms with Gasteiger partial charge in [0.1, 0.15) is 17.6 Å². The number of rotatable bonds is 3. The van der Waals surface area contributed by atoms with E-state index in [0.717, 1.165) is 6.26 Å². The van der Waals surface area contributed by atoms with Crippen molar-refractivity contribution in [2.75, 3.05) is 10.0 Å². The molecule has 0 unspecified atom stereocenters. The van der Waals surface area contributed by atoms with E-state index in [1.165, 1.54) is 0 Å². The van der Waals surface area contributed by atoms with Gasteiger partial charge in [0.25, 0.3) is 0 Å². The third-order valence-electron chi connectivity index (χ3n) is 1.92. The number of carbonyl (C=O) groups excluding carboxylic acids is 2. The van der Waals surface area contributed by atoms with E-state index in [1.54, 1.807) is 0 Å². The lowest BCUT2D eigenvalue weighted by atomic mass is 10.3. The predicted molar refractivity (Wildman–Crippen MR) is 58.2 cm³/mol. The number of furan rings is 1. The molecule has 0 aliphatic rings. The SMILES string of the molecule is NC(=O)N(N)c1coc(C(=O)O)c1N(N)C(N)=O. The molecular formula is C7H10N6O5. The van der Waals surface area contributed by atoms with Gasteiger partial charge in [0, 0.05) is 0 Å². The van der Waals surface area contributed by atoms with Gasteiger partial charge in [0.2, 0.25) is 5.76 Å². The second-order valence-electron chi connectivity index (χ2n) is 3.02. The number of carboxylic acids is 1. The maximum absolute atomic E-state index is 10.9. The highest BCUT2D eigenvalue weighted by Gasteiger charge is 2.29. The van der Waals surface area contributed by atoms with Crippen LogP contribution in [0.15, 0.2) is 10.7 Å². The highest BCUT2D eigenvalue weighted by Crippen LogP contribution is 2.32. The van der Waals surface area contributed by atoms with Gasteiger partial charge in [-0.05, 0) is 0 Å². The number of hydrogen-bond donors (Lipinski definition) is 5. The predicted octanol–water partition coefficient (Wildman–Crippen LogP) is -1.50. The van der Waals surface area contributed by atoms with Crippen LogP contribution in [-0.4, -0.2) is 23.1 Å². The van der Waals surface area contributed by atoms with E-state index in [0.29, 0.717) is 5.01 Å². The normalized spacial score (nSPS) is 9.89. The first-order chi connectivity index (χ1) is 8.27. The zero-order chi connectivity index (χ0) is 14.0. The van der Waals surface area contributed by atoms with Crippen molar-refractivity contribution in [3.63, 3.8) is 0 Å². The Morgan fingerprint density at radius 1 is 1.11 bits per heavy atom. The average molecular weight is 258 g/mol. The molecule has 0 saturated carbocycles. The fraction of sp³-hybridized carbons (Fsp3) is 0. The number of anilines is 2. The van der Waals surface area contributed by atoms with E-state index in [1.807, 2.05) is 0 Å². The summed E-state index contributed by atoms with van der Waals surface area (Å²) in [5, 5.41) is 9.45. The quantitative estimate of drug-likeness (QED) is 0.247. The van der Waals surface area contributed by atoms with Crippen molar-refractivity contribution in [1.82, 2.24) is 0 Å². The van der Waals surface area contributed by atoms with Gasteiger partial charge in [0.05, 0.1) is 0 Å². The van der Waals surface area contributed by atoms with Gasteiger partial charge in [-0.3, -0.25) is 0 Å². The first-order valence-electron chi connectivity index (χ1n) is 4.30. The summed E-state index contributed by atoms with van der Waals surface area (Å²) < 4.78 is 4.64. The molecule has 0 atom stereocenters. The minimum atomic E-state index is -1.54. The first kappa shape index (κ1) is 13.3. The van der Waals surface area contributed by atoms with Gasteiger partial charge in [0.15, 0.2) is 0 Å². The summed E-state index contributed by atoms with van der Waals surface area (Å²) in [4.78, 5) is 32.7. The van der Waals surface area contributed by atoms with Crippen LogP contribution in [0.2, 0.25) is 0 Å². The Bertz CT molecular complexity index is 510. The smallest absolute Gasteiger partial charge is 0.374 e. The van der Waals surface area contributed by atoms with Gasteiger partial charge in [-0.15, -0.1) is 0 Å². The molecule has 1 aromatic rings. The van der Waals surface area contributed by atoms with E-state index < -0.39 is 29.5 Å². The van der Waals surface area contributed by atoms with E-state index in [9.17, 15) is 14.4 Å². The van der Waals surface area contributed by atoms with Crippen molar-refractivity contribution >= 4 is 29.4 Å². The fourth-order valence-electron chi connectivity index (χ4n) is 1.13. The highest BCUT2D eigenvalue weighted by atomic mass is 16.4. The number of hydrazine groups is 2. The fourth-order valence-corrected chi connectivity index (χ4v) is 1.13. The molecular weight excluding hydrogens is 248 g/mol. The molecule has 0 bridgehead atoms. The van der Waals surface area contributed by atoms with Crippen LogP contribution in [0.3, 0.4) is 0 Å². The lowest BCUT2D eigenvalue weighted by Crippen LogP contribution is -2.46. The van der Waals surface area contributed by atoms with Gasteiger partial charge < -0.3 is 21.0 Å². The molecule has 0 aromatic carbocycles. The zero-order valence-electron chi connectivity index (χ0n) is 8.86. The minimum Gasteiger partial charge on any atom is -0.475 e. The largest absolute Gasteiger partial charge is 0.475 e. The molecule has 9 N–H and O–H groups in total. The van der Waals surface area contributed by atoms with Crippen LogP contribution in [0, 0.1) is 0 Å². The van der Waals surface area contributed by atoms with Crippen LogP contribution in [0.25, 0.3) is 0 Å². The van der Waals surface area contributed by atoms with Crippen LogP contribution in [0.4, 0.5) is 21.0 Å². The van der Waals surface area contributed by atoms with E-state index in [-0.39, 0.29) is 10.7 Å². The molecule has 4 amide bonds. The summed E-state index contributed by atoms with van der Waals surface area (Å²) in [5.41, 5.74) is 8.98. The Morgan fingerprint density at radius 2 is 1.61 bits per heavy atom. The molecule has 0 fully saturated rings. The number of primary amides is 2. The molecule has 0 saturated heterocycles. The standard InChI is InChI=1S/C7H10N6O5/c8-6(16)12(10)2-1-18-4(5(14)15)3(2)13(11)7(9)17/h1H,10-11H2,(H2,8,16)(H2,9,17)(H,14,15). The number of carboxylic acid groups (broad SMARTS) is 1. The summed E-state index contributed by atoms with van der Waals surface area (Å²) >= 11 is 0. The topological polar surface area (TPSA) is 195 Å². The Balaban J connectivity index is 3.41. The zero-order valence-corrected chi connectivity index (χ0v) is 8.86. The van der Waals surface area contributed by atoms with E-state index >= 15 is 0 Å². The van der Waals surface area contributed by atoms with E-state index in [2.05, 4.69) is 4.42 Å². The summed E-state index contributed by atoms with van der Waals surface area (Å²) in [6.45, 7) is 0. The van der Waals surface area contributed by atoms with Gasteiger partial charge in [-0.1, -0.05) is 0 Å². The lowest BCUT2D eigenvalue weighted by Gasteiger charge is -2.18. The van der Waals surface area contributed by atoms with Crippen molar-refractivity contribution in [3.8, 4) is 0 Å². The molecule has 1 aromatic heterocycles. The molecule has 0 radical (unpaired) electrons. The number of aromatic carboxylic acids is 1. The van der Waals surface area contributed by atoms with Crippen molar-refractivity contribution in [2.45, 2.75) is 0 Å². The molecule has 11 heteroatoms. The summed E-state index contributed by atoms with van der Waals surface area (Å²) in [5.74, 6) is 8.27. The molecule has 0 spiro atoms. The Labute approximate surface area is 99.4 Å². The highest BCUT2D eigenvalue weighted by molar-refractivity contribution is 6.05. The molecule has 98 valence electrons. The molecule has 0 aliphatic carbocycles.